The fourth-order valence-electron chi connectivity index (χ4n) is 23.8. The fraction of sp³-hybridized carbons (Fsp3) is 0.317. The van der Waals surface area contributed by atoms with Crippen molar-refractivity contribution in [3.05, 3.63) is 299 Å². The molecule has 4 aromatic rings. The molecule has 2 aliphatic heterocycles. The zero-order valence-corrected chi connectivity index (χ0v) is 77.4. The molecular formula is C82H88Cl10HfSi6. The molecule has 0 nitrogen and oxygen atoms in total. The van der Waals surface area contributed by atoms with Gasteiger partial charge in [-0.3, -0.25) is 0 Å². The summed E-state index contributed by atoms with van der Waals surface area (Å²) in [5.41, 5.74) is 19.0. The summed E-state index contributed by atoms with van der Waals surface area (Å²) in [4.78, 5) is 0. The molecule has 2 saturated heterocycles. The molecule has 0 radical (unpaired) electrons. The van der Waals surface area contributed by atoms with E-state index in [-0.39, 0.29) is 23.7 Å². The summed E-state index contributed by atoms with van der Waals surface area (Å²) in [5.74, 6) is -1.01. The molecule has 8 unspecified atom stereocenters. The molecule has 514 valence electrons. The van der Waals surface area contributed by atoms with Gasteiger partial charge in [0.15, 0.2) is 0 Å². The van der Waals surface area contributed by atoms with Gasteiger partial charge in [-0.1, -0.05) is 0 Å². The number of benzene rings is 4. The van der Waals surface area contributed by atoms with Crippen LogP contribution in [0.1, 0.15) is 73.6 Å². The molecule has 17 heteroatoms. The van der Waals surface area contributed by atoms with Crippen LogP contribution in [-0.4, -0.2) is 49.9 Å². The second-order valence-electron chi connectivity index (χ2n) is 34.4. The van der Waals surface area contributed by atoms with Gasteiger partial charge in [0.05, 0.1) is 0 Å². The Kier molecular flexibility index (Phi) is 17.6. The van der Waals surface area contributed by atoms with Gasteiger partial charge in [-0.2, -0.15) is 0 Å². The van der Waals surface area contributed by atoms with E-state index in [1.807, 2.05) is 0 Å². The number of halogens is 10. The molecule has 2 fully saturated rings. The molecule has 0 saturated carbocycles. The summed E-state index contributed by atoms with van der Waals surface area (Å²) in [6, 6.07) is 17.6. The van der Waals surface area contributed by atoms with Crippen molar-refractivity contribution in [2.75, 3.05) is 0 Å². The molecule has 2 heterocycles. The number of allylic oxidation sites excluding steroid dienone is 32. The maximum atomic E-state index is 11.5. The second kappa shape index (κ2) is 23.6. The van der Waals surface area contributed by atoms with E-state index in [4.69, 9.17) is 92.8 Å². The van der Waals surface area contributed by atoms with Gasteiger partial charge in [0.2, 0.25) is 0 Å². The number of hydrogen-bond donors (Lipinski definition) is 0. The van der Waals surface area contributed by atoms with Crippen LogP contribution >= 0.6 is 110 Å². The van der Waals surface area contributed by atoms with Gasteiger partial charge in [-0.25, -0.2) is 0 Å². The van der Waals surface area contributed by atoms with Crippen LogP contribution < -0.4 is 20.7 Å². The molecule has 0 aromatic heterocycles. The minimum atomic E-state index is -8.10. The first kappa shape index (κ1) is 73.7. The molecule has 0 N–H and O–H groups in total. The van der Waals surface area contributed by atoms with E-state index in [9.17, 15) is 17.2 Å². The molecule has 5 spiro atoms. The first-order valence-electron chi connectivity index (χ1n) is 34.9. The van der Waals surface area contributed by atoms with Crippen LogP contribution in [0.2, 0.25) is 143 Å². The molecule has 8 aliphatic carbocycles. The van der Waals surface area contributed by atoms with Crippen molar-refractivity contribution in [1.82, 2.24) is 0 Å². The van der Waals surface area contributed by atoms with E-state index < -0.39 is 75.7 Å². The van der Waals surface area contributed by atoms with Gasteiger partial charge in [-0.15, -0.1) is 0 Å². The third-order valence-electron chi connectivity index (χ3n) is 25.8. The van der Waals surface area contributed by atoms with E-state index in [0.29, 0.717) is 40.2 Å². The van der Waals surface area contributed by atoms with Crippen LogP contribution in [0.15, 0.2) is 237 Å². The van der Waals surface area contributed by atoms with Gasteiger partial charge in [-0.05, 0) is 0 Å². The number of rotatable bonds is 8. The van der Waals surface area contributed by atoms with E-state index in [1.54, 1.807) is 0 Å². The first-order valence-corrected chi connectivity index (χ1v) is 72.7. The Hall–Kier alpha value is -2.21. The molecule has 14 rings (SSSR count). The predicted octanol–water partition coefficient (Wildman–Crippen LogP) is 26.1. The van der Waals surface area contributed by atoms with Crippen LogP contribution in [0.3, 0.4) is 0 Å². The van der Waals surface area contributed by atoms with Crippen LogP contribution in [0.4, 0.5) is 0 Å². The molecule has 10 aliphatic rings. The van der Waals surface area contributed by atoms with Crippen molar-refractivity contribution >= 4 is 181 Å². The van der Waals surface area contributed by atoms with Crippen LogP contribution in [0, 0.1) is 0 Å². The predicted molar refractivity (Wildman–Crippen MR) is 453 cm³/mol. The van der Waals surface area contributed by atoms with Crippen molar-refractivity contribution in [2.24, 2.45) is 0 Å². The Morgan fingerprint density at radius 2 is 0.475 bits per heavy atom. The molecule has 0 amide bonds. The second-order valence-corrected chi connectivity index (χ2v) is 112. The zero-order valence-electron chi connectivity index (χ0n) is 59.9. The normalized spacial score (nSPS) is 31.2. The van der Waals surface area contributed by atoms with Gasteiger partial charge in [0.1, 0.15) is 0 Å². The molecule has 4 aromatic carbocycles. The molecular weight excluding hydrogens is 1690 g/mol. The van der Waals surface area contributed by atoms with Gasteiger partial charge in [0.25, 0.3) is 0 Å². The van der Waals surface area contributed by atoms with E-state index in [2.05, 4.69) is 289 Å². The van der Waals surface area contributed by atoms with E-state index in [1.165, 1.54) is 66.9 Å². The van der Waals surface area contributed by atoms with Crippen LogP contribution in [0.25, 0.3) is 0 Å². The standard InChI is InChI=1S/2C41H44Cl4Si3.2ClH.Hf/c2*1-24-18-32-28(26-20-34(42)40(35(43)21-26)47(4,5)6)14-10-12-16-30(32)38(24)46(3)39-25(2)19-33-29(15-11-13-17-31(33)39)27-22-36(44)41(37(45)23-27)48(7,8)9;;;/h2*10-23,28-29,46H,1-9H3;2*1H;/q;;;;+2/p-2. The topological polar surface area (TPSA) is 0 Å². The van der Waals surface area contributed by atoms with E-state index in [0.717, 1.165) is 43.0 Å². The average Bonchev–Trinajstić information content (AvgIpc) is 1.52. The summed E-state index contributed by atoms with van der Waals surface area (Å²) < 4.78 is -3.54. The fourth-order valence-corrected chi connectivity index (χ4v) is 211. The molecule has 99 heavy (non-hydrogen) atoms. The Bertz CT molecular complexity index is 4260. The number of fused-ring (bicyclic) bond motifs is 8. The summed E-state index contributed by atoms with van der Waals surface area (Å²) in [7, 11) is 9.60. The summed E-state index contributed by atoms with van der Waals surface area (Å²) in [6.45, 7) is 42.8. The van der Waals surface area contributed by atoms with Crippen molar-refractivity contribution in [1.29, 1.82) is 0 Å². The SMILES string of the molecule is CC1=CC2=C(C=CC=CC2c2cc(Cl)c([Si](C)(C)C)c(Cl)c2)[C]12[SiH](C)[C]1(C(C)=CC3=C1C=CC=CC3c1cc(Cl)c([Si](C)(C)C)c(Cl)c1)[Hf]21([Cl])([Cl])[C]2(C(C)=CC3=C2C=CC=CC3c2cc(Cl)c([Si](C)(C)C)c(Cl)c2)[SiH](C)[C]12C(C)=CC1=C2C=CC=CC1c1cc(Cl)c([Si](C)(C)C)c(Cl)c1. The third-order valence-corrected chi connectivity index (χ3v) is 155. The summed E-state index contributed by atoms with van der Waals surface area (Å²) in [5, 5.41) is 9.97. The zero-order chi connectivity index (χ0) is 71.8. The van der Waals surface area contributed by atoms with Crippen LogP contribution in [0.5, 0.6) is 0 Å². The maximum absolute atomic E-state index is 11.5. The summed E-state index contributed by atoms with van der Waals surface area (Å²) in [6.07, 6.45) is 47.6. The monoisotopic (exact) mass is 1770 g/mol. The Labute approximate surface area is 641 Å². The van der Waals surface area contributed by atoms with Gasteiger partial charge >= 0.3 is 649 Å². The van der Waals surface area contributed by atoms with Crippen molar-refractivity contribution in [3.63, 3.8) is 0 Å². The average molecular weight is 1780 g/mol. The van der Waals surface area contributed by atoms with Gasteiger partial charge in [0, 0.05) is 0 Å². The van der Waals surface area contributed by atoms with E-state index >= 15 is 0 Å². The quantitative estimate of drug-likeness (QED) is 0.154. The van der Waals surface area contributed by atoms with Crippen molar-refractivity contribution in [3.8, 4) is 0 Å². The minimum absolute atomic E-state index is 0.252. The Balaban J connectivity index is 1.19. The molecule has 0 bridgehead atoms. The first-order chi connectivity index (χ1) is 46.1. The third kappa shape index (κ3) is 8.78. The summed E-state index contributed by atoms with van der Waals surface area (Å²) >= 11 is 52.6. The van der Waals surface area contributed by atoms with Crippen molar-refractivity contribution in [2.45, 2.75) is 154 Å². The van der Waals surface area contributed by atoms with Gasteiger partial charge < -0.3 is 0 Å². The Morgan fingerprint density at radius 3 is 0.636 bits per heavy atom. The molecule has 8 atom stereocenters. The van der Waals surface area contributed by atoms with Crippen molar-refractivity contribution < 1.29 is 14.7 Å². The Morgan fingerprint density at radius 1 is 0.303 bits per heavy atom. The van der Waals surface area contributed by atoms with Crippen LogP contribution in [-0.2, 0) is 14.7 Å². The number of hydrogen-bond acceptors (Lipinski definition) is 0.